The van der Waals surface area contributed by atoms with E-state index in [-0.39, 0.29) is 24.0 Å². The molecule has 0 aromatic heterocycles. The summed E-state index contributed by atoms with van der Waals surface area (Å²) in [6.07, 6.45) is 0.609. The molecule has 0 radical (unpaired) electrons. The quantitative estimate of drug-likeness (QED) is 0.492. The number of hydrogen-bond acceptors (Lipinski definition) is 5. The molecule has 0 saturated heterocycles. The van der Waals surface area contributed by atoms with Gasteiger partial charge in [0.2, 0.25) is 0 Å². The number of hydrogen-bond donors (Lipinski definition) is 4. The summed E-state index contributed by atoms with van der Waals surface area (Å²) in [5, 5.41) is 43.9. The predicted octanol–water partition coefficient (Wildman–Crippen LogP) is 1.18. The van der Waals surface area contributed by atoms with Crippen LogP contribution in [-0.2, 0) is 4.79 Å². The first-order valence-corrected chi connectivity index (χ1v) is 9.42. The smallest absolute Gasteiger partial charge is 0.166 e. The molecule has 4 fully saturated rings. The zero-order chi connectivity index (χ0) is 18.6. The largest absolute Gasteiger partial charge is 0.392 e. The molecular formula is C20H30O5. The molecular weight excluding hydrogens is 320 g/mol. The fourth-order valence-corrected chi connectivity index (χ4v) is 6.96. The Kier molecular flexibility index (Phi) is 3.35. The predicted molar refractivity (Wildman–Crippen MR) is 91.5 cm³/mol. The van der Waals surface area contributed by atoms with Crippen LogP contribution >= 0.6 is 0 Å². The number of carbonyl (C=O) groups is 1. The molecule has 4 aliphatic carbocycles. The van der Waals surface area contributed by atoms with Gasteiger partial charge in [-0.2, -0.15) is 0 Å². The summed E-state index contributed by atoms with van der Waals surface area (Å²) in [5.74, 6) is -1.17. The molecule has 4 saturated carbocycles. The lowest BCUT2D eigenvalue weighted by molar-refractivity contribution is -0.159. The van der Waals surface area contributed by atoms with Gasteiger partial charge in [-0.05, 0) is 38.5 Å². The molecule has 0 aliphatic heterocycles. The third-order valence-electron chi connectivity index (χ3n) is 8.50. The number of fused-ring (bicyclic) bond motifs is 2. The zero-order valence-corrected chi connectivity index (χ0v) is 15.3. The van der Waals surface area contributed by atoms with Gasteiger partial charge in [0.15, 0.2) is 5.78 Å². The molecule has 140 valence electrons. The van der Waals surface area contributed by atoms with Crippen molar-refractivity contribution in [2.45, 2.75) is 76.3 Å². The van der Waals surface area contributed by atoms with Gasteiger partial charge >= 0.3 is 0 Å². The van der Waals surface area contributed by atoms with E-state index in [0.29, 0.717) is 19.3 Å². The second-order valence-corrected chi connectivity index (χ2v) is 9.92. The minimum Gasteiger partial charge on any atom is -0.392 e. The van der Waals surface area contributed by atoms with E-state index in [9.17, 15) is 25.2 Å². The maximum Gasteiger partial charge on any atom is 0.166 e. The lowest BCUT2D eigenvalue weighted by atomic mass is 9.61. The Bertz CT molecular complexity index is 652. The van der Waals surface area contributed by atoms with Crippen LogP contribution < -0.4 is 0 Å². The minimum atomic E-state index is -1.67. The Hall–Kier alpha value is -0.750. The highest BCUT2D eigenvalue weighted by Crippen LogP contribution is 2.67. The number of Topliss-reactive ketones (excluding diaryl/α,β-unsaturated/α-hetero) is 1. The van der Waals surface area contributed by atoms with Crippen LogP contribution in [0, 0.1) is 28.6 Å². The van der Waals surface area contributed by atoms with E-state index in [2.05, 4.69) is 6.58 Å². The molecule has 8 atom stereocenters. The maximum atomic E-state index is 13.3. The molecule has 0 aromatic rings. The summed E-state index contributed by atoms with van der Waals surface area (Å²) < 4.78 is 0. The fourth-order valence-electron chi connectivity index (χ4n) is 6.96. The van der Waals surface area contributed by atoms with E-state index in [1.54, 1.807) is 20.8 Å². The van der Waals surface area contributed by atoms with Gasteiger partial charge in [-0.1, -0.05) is 26.0 Å². The van der Waals surface area contributed by atoms with Crippen LogP contribution in [0.1, 0.15) is 52.9 Å². The third kappa shape index (κ3) is 1.81. The maximum absolute atomic E-state index is 13.3. The second-order valence-electron chi connectivity index (χ2n) is 9.92. The van der Waals surface area contributed by atoms with Crippen LogP contribution in [-0.4, -0.2) is 49.6 Å². The molecule has 0 aromatic carbocycles. The van der Waals surface area contributed by atoms with Crippen molar-refractivity contribution in [2.24, 2.45) is 28.6 Å². The van der Waals surface area contributed by atoms with E-state index in [1.807, 2.05) is 0 Å². The number of carbonyl (C=O) groups excluding carboxylic acids is 1. The molecule has 4 rings (SSSR count). The minimum absolute atomic E-state index is 0.0354. The van der Waals surface area contributed by atoms with Crippen LogP contribution in [0.25, 0.3) is 0 Å². The van der Waals surface area contributed by atoms with Crippen molar-refractivity contribution in [1.82, 2.24) is 0 Å². The molecule has 4 aliphatic rings. The number of ketones is 1. The first-order valence-electron chi connectivity index (χ1n) is 9.42. The second kappa shape index (κ2) is 4.75. The lowest BCUT2D eigenvalue weighted by Gasteiger charge is -2.44. The standard InChI is InChI=1S/C20H30O5/c1-10-11-5-6-12-16(23)19(11,9-18(12,4)24)8-15(22)20(25)13(10)7-14(21)17(20,2)3/h11-14,16,21,23-25H,1,5-9H2,2-4H3/t11-,12+,13-,14-,16+,18+,19-,20-/m0/s1. The van der Waals surface area contributed by atoms with Crippen LogP contribution in [0.4, 0.5) is 0 Å². The van der Waals surface area contributed by atoms with Gasteiger partial charge in [0.25, 0.3) is 0 Å². The topological polar surface area (TPSA) is 98.0 Å². The summed E-state index contributed by atoms with van der Waals surface area (Å²) in [4.78, 5) is 13.3. The average molecular weight is 350 g/mol. The first kappa shape index (κ1) is 17.7. The van der Waals surface area contributed by atoms with Crippen molar-refractivity contribution in [2.75, 3.05) is 0 Å². The van der Waals surface area contributed by atoms with E-state index >= 15 is 0 Å². The van der Waals surface area contributed by atoms with E-state index in [0.717, 1.165) is 12.0 Å². The van der Waals surface area contributed by atoms with Crippen molar-refractivity contribution in [1.29, 1.82) is 0 Å². The van der Waals surface area contributed by atoms with Gasteiger partial charge < -0.3 is 20.4 Å². The van der Waals surface area contributed by atoms with Crippen molar-refractivity contribution in [3.05, 3.63) is 12.2 Å². The molecule has 0 heterocycles. The monoisotopic (exact) mass is 350 g/mol. The van der Waals surface area contributed by atoms with E-state index < -0.39 is 40.2 Å². The van der Waals surface area contributed by atoms with Crippen molar-refractivity contribution >= 4 is 5.78 Å². The SMILES string of the molecule is C=C1[C@@H]2CC[C@@H]3[C@@H](O)[C@@]2(CC(=O)[C@@]2(O)[C@H]1C[C@H](O)C2(C)C)C[C@@]3(C)O. The highest BCUT2D eigenvalue weighted by molar-refractivity contribution is 5.91. The van der Waals surface area contributed by atoms with Crippen molar-refractivity contribution in [3.8, 4) is 0 Å². The number of rotatable bonds is 0. The van der Waals surface area contributed by atoms with Crippen LogP contribution in [0.5, 0.6) is 0 Å². The molecule has 1 spiro atoms. The van der Waals surface area contributed by atoms with Gasteiger partial charge in [-0.3, -0.25) is 4.79 Å². The molecule has 5 nitrogen and oxygen atoms in total. The number of aliphatic hydroxyl groups is 4. The van der Waals surface area contributed by atoms with Crippen LogP contribution in [0.15, 0.2) is 12.2 Å². The first-order chi connectivity index (χ1) is 11.4. The Morgan fingerprint density at radius 1 is 1.08 bits per heavy atom. The van der Waals surface area contributed by atoms with Crippen LogP contribution in [0.3, 0.4) is 0 Å². The summed E-state index contributed by atoms with van der Waals surface area (Å²) in [6, 6.07) is 0. The zero-order valence-electron chi connectivity index (χ0n) is 15.3. The Labute approximate surface area is 148 Å². The molecule has 25 heavy (non-hydrogen) atoms. The van der Waals surface area contributed by atoms with Crippen LogP contribution in [0.2, 0.25) is 0 Å². The lowest BCUT2D eigenvalue weighted by Crippen LogP contribution is -2.54. The molecule has 4 N–H and O–H groups in total. The fraction of sp³-hybridized carbons (Fsp3) is 0.850. The Balaban J connectivity index is 1.86. The molecule has 0 unspecified atom stereocenters. The average Bonchev–Trinajstić information content (AvgIpc) is 2.71. The van der Waals surface area contributed by atoms with E-state index in [4.69, 9.17) is 0 Å². The van der Waals surface area contributed by atoms with Gasteiger partial charge in [0.1, 0.15) is 5.60 Å². The highest BCUT2D eigenvalue weighted by atomic mass is 16.3. The normalized spacial score (nSPS) is 57.2. The molecule has 0 amide bonds. The third-order valence-corrected chi connectivity index (χ3v) is 8.50. The molecule has 2 bridgehead atoms. The van der Waals surface area contributed by atoms with Gasteiger partial charge in [-0.15, -0.1) is 0 Å². The number of aliphatic hydroxyl groups excluding tert-OH is 2. The highest BCUT2D eigenvalue weighted by Gasteiger charge is 2.72. The van der Waals surface area contributed by atoms with Gasteiger partial charge in [-0.25, -0.2) is 0 Å². The Morgan fingerprint density at radius 3 is 2.36 bits per heavy atom. The summed E-state index contributed by atoms with van der Waals surface area (Å²) in [5.41, 5.74) is -3.62. The summed E-state index contributed by atoms with van der Waals surface area (Å²) in [6.45, 7) is 9.48. The van der Waals surface area contributed by atoms with E-state index in [1.165, 1.54) is 0 Å². The van der Waals surface area contributed by atoms with Crippen molar-refractivity contribution in [3.63, 3.8) is 0 Å². The van der Waals surface area contributed by atoms with Crippen molar-refractivity contribution < 1.29 is 25.2 Å². The molecule has 5 heteroatoms. The Morgan fingerprint density at radius 2 is 1.72 bits per heavy atom. The van der Waals surface area contributed by atoms with Gasteiger partial charge in [0, 0.05) is 29.1 Å². The van der Waals surface area contributed by atoms with Gasteiger partial charge in [0.05, 0.1) is 17.8 Å². The summed E-state index contributed by atoms with van der Waals surface area (Å²) in [7, 11) is 0. The summed E-state index contributed by atoms with van der Waals surface area (Å²) >= 11 is 0.